The maximum atomic E-state index is 13.1. The smallest absolute Gasteiger partial charge is 0.276 e. The lowest BCUT2D eigenvalue weighted by Gasteiger charge is -2.20. The van der Waals surface area contributed by atoms with Crippen LogP contribution in [-0.4, -0.2) is 33.0 Å². The molecule has 0 radical (unpaired) electrons. The fourth-order valence-electron chi connectivity index (χ4n) is 3.65. The van der Waals surface area contributed by atoms with E-state index in [9.17, 15) is 9.59 Å². The summed E-state index contributed by atoms with van der Waals surface area (Å²) in [7, 11) is 0. The molecule has 0 spiro atoms. The Labute approximate surface area is 176 Å². The first kappa shape index (κ1) is 19.9. The lowest BCUT2D eigenvalue weighted by molar-refractivity contribution is 0.0745. The highest BCUT2D eigenvalue weighted by Crippen LogP contribution is 2.19. The normalized spacial score (nSPS) is 13.8. The number of aryl methyl sites for hydroxylation is 1. The fourth-order valence-corrected chi connectivity index (χ4v) is 3.65. The Balaban J connectivity index is 1.49. The van der Waals surface area contributed by atoms with Gasteiger partial charge in [-0.1, -0.05) is 56.3 Å². The third kappa shape index (κ3) is 4.27. The molecule has 6 nitrogen and oxygen atoms in total. The largest absolute Gasteiger partial charge is 0.333 e. The molecule has 154 valence electrons. The Hall–Kier alpha value is -3.41. The van der Waals surface area contributed by atoms with Crippen LogP contribution in [0.25, 0.3) is 0 Å². The molecule has 6 heteroatoms. The van der Waals surface area contributed by atoms with Crippen LogP contribution in [0.5, 0.6) is 0 Å². The maximum Gasteiger partial charge on any atom is 0.276 e. The fraction of sp³-hybridized carbons (Fsp3) is 0.292. The number of amides is 2. The highest BCUT2D eigenvalue weighted by molar-refractivity contribution is 6.04. The van der Waals surface area contributed by atoms with Gasteiger partial charge in [0.2, 0.25) is 0 Å². The summed E-state index contributed by atoms with van der Waals surface area (Å²) in [5.41, 5.74) is 3.73. The first-order valence-electron chi connectivity index (χ1n) is 10.3. The van der Waals surface area contributed by atoms with Crippen molar-refractivity contribution in [1.29, 1.82) is 0 Å². The van der Waals surface area contributed by atoms with Gasteiger partial charge in [0.05, 0.1) is 0 Å². The highest BCUT2D eigenvalue weighted by atomic mass is 16.2. The number of rotatable bonds is 5. The molecule has 2 heterocycles. The third-order valence-corrected chi connectivity index (χ3v) is 5.37. The number of anilines is 1. The number of nitrogens with one attached hydrogen (secondary N) is 1. The van der Waals surface area contributed by atoms with Crippen molar-refractivity contribution in [3.8, 4) is 0 Å². The molecule has 0 saturated carbocycles. The van der Waals surface area contributed by atoms with Gasteiger partial charge in [-0.05, 0) is 35.6 Å². The van der Waals surface area contributed by atoms with E-state index in [2.05, 4.69) is 24.3 Å². The lowest BCUT2D eigenvalue weighted by atomic mass is 10.0. The van der Waals surface area contributed by atoms with Crippen molar-refractivity contribution >= 4 is 17.5 Å². The van der Waals surface area contributed by atoms with Crippen molar-refractivity contribution in [2.45, 2.75) is 39.3 Å². The SMILES string of the molecule is CC(C)c1ccc(NC(=O)c2cc3n(n2)CCCN(Cc2ccccc2)C3=O)cc1. The molecule has 0 fully saturated rings. The van der Waals surface area contributed by atoms with E-state index in [0.29, 0.717) is 36.9 Å². The molecule has 0 aliphatic carbocycles. The average molecular weight is 402 g/mol. The van der Waals surface area contributed by atoms with Crippen molar-refractivity contribution in [3.05, 3.63) is 83.2 Å². The Morgan fingerprint density at radius 1 is 1.07 bits per heavy atom. The van der Waals surface area contributed by atoms with Crippen LogP contribution < -0.4 is 5.32 Å². The molecule has 1 N–H and O–H groups in total. The van der Waals surface area contributed by atoms with Gasteiger partial charge in [-0.2, -0.15) is 5.10 Å². The van der Waals surface area contributed by atoms with Crippen LogP contribution in [0.3, 0.4) is 0 Å². The Kier molecular flexibility index (Phi) is 5.65. The first-order valence-corrected chi connectivity index (χ1v) is 10.3. The molecule has 2 aromatic carbocycles. The van der Waals surface area contributed by atoms with Crippen LogP contribution in [0.4, 0.5) is 5.69 Å². The molecular weight excluding hydrogens is 376 g/mol. The molecule has 2 amide bonds. The molecule has 1 aliphatic heterocycles. The van der Waals surface area contributed by atoms with Gasteiger partial charge >= 0.3 is 0 Å². The standard InChI is InChI=1S/C24H26N4O2/c1-17(2)19-9-11-20(12-10-19)25-23(29)21-15-22-24(30)27(13-6-14-28(22)26-21)16-18-7-4-3-5-8-18/h3-5,7-12,15,17H,6,13-14,16H2,1-2H3,(H,25,29). The minimum absolute atomic E-state index is 0.0933. The van der Waals surface area contributed by atoms with Crippen molar-refractivity contribution < 1.29 is 9.59 Å². The van der Waals surface area contributed by atoms with E-state index in [0.717, 1.165) is 12.0 Å². The summed E-state index contributed by atoms with van der Waals surface area (Å²) < 4.78 is 1.66. The quantitative estimate of drug-likeness (QED) is 0.692. The molecule has 30 heavy (non-hydrogen) atoms. The van der Waals surface area contributed by atoms with Gasteiger partial charge in [-0.15, -0.1) is 0 Å². The number of benzene rings is 2. The second kappa shape index (κ2) is 8.53. The second-order valence-corrected chi connectivity index (χ2v) is 7.93. The second-order valence-electron chi connectivity index (χ2n) is 7.93. The molecule has 0 atom stereocenters. The van der Waals surface area contributed by atoms with Gasteiger partial charge in [-0.25, -0.2) is 0 Å². The Bertz CT molecular complexity index is 1040. The van der Waals surface area contributed by atoms with E-state index in [1.165, 1.54) is 5.56 Å². The molecular formula is C24H26N4O2. The van der Waals surface area contributed by atoms with Crippen LogP contribution in [0.15, 0.2) is 60.7 Å². The Morgan fingerprint density at radius 3 is 2.50 bits per heavy atom. The predicted octanol–water partition coefficient (Wildman–Crippen LogP) is 4.30. The third-order valence-electron chi connectivity index (χ3n) is 5.37. The van der Waals surface area contributed by atoms with Crippen LogP contribution >= 0.6 is 0 Å². The van der Waals surface area contributed by atoms with Crippen LogP contribution in [0.2, 0.25) is 0 Å². The summed E-state index contributed by atoms with van der Waals surface area (Å²) in [5, 5.41) is 7.28. The number of carbonyl (C=O) groups is 2. The highest BCUT2D eigenvalue weighted by Gasteiger charge is 2.26. The summed E-state index contributed by atoms with van der Waals surface area (Å²) in [6, 6.07) is 19.3. The van der Waals surface area contributed by atoms with Gasteiger partial charge in [0.25, 0.3) is 11.8 Å². The number of fused-ring (bicyclic) bond motifs is 1. The maximum absolute atomic E-state index is 13.1. The minimum Gasteiger partial charge on any atom is -0.333 e. The van der Waals surface area contributed by atoms with Crippen LogP contribution in [-0.2, 0) is 13.1 Å². The summed E-state index contributed by atoms with van der Waals surface area (Å²) in [4.78, 5) is 27.6. The van der Waals surface area contributed by atoms with E-state index < -0.39 is 0 Å². The lowest BCUT2D eigenvalue weighted by Crippen LogP contribution is -2.30. The molecule has 4 rings (SSSR count). The van der Waals surface area contributed by atoms with E-state index in [1.54, 1.807) is 10.7 Å². The molecule has 1 aromatic heterocycles. The number of hydrogen-bond acceptors (Lipinski definition) is 3. The van der Waals surface area contributed by atoms with Gasteiger partial charge in [0, 0.05) is 31.4 Å². The Morgan fingerprint density at radius 2 is 1.80 bits per heavy atom. The molecule has 0 bridgehead atoms. The zero-order chi connectivity index (χ0) is 21.1. The molecule has 0 saturated heterocycles. The average Bonchev–Trinajstić information content (AvgIpc) is 3.12. The number of hydrogen-bond donors (Lipinski definition) is 1. The first-order chi connectivity index (χ1) is 14.5. The van der Waals surface area contributed by atoms with E-state index in [1.807, 2.05) is 59.5 Å². The zero-order valence-electron chi connectivity index (χ0n) is 17.3. The van der Waals surface area contributed by atoms with Gasteiger partial charge < -0.3 is 10.2 Å². The summed E-state index contributed by atoms with van der Waals surface area (Å²) in [6.07, 6.45) is 0.797. The monoisotopic (exact) mass is 402 g/mol. The van der Waals surface area contributed by atoms with Gasteiger partial charge in [0.1, 0.15) is 5.69 Å². The van der Waals surface area contributed by atoms with Crippen LogP contribution in [0.1, 0.15) is 58.3 Å². The number of nitrogens with zero attached hydrogens (tertiary/aromatic N) is 3. The van der Waals surface area contributed by atoms with Crippen LogP contribution in [0, 0.1) is 0 Å². The van der Waals surface area contributed by atoms with Crippen molar-refractivity contribution in [2.24, 2.45) is 0 Å². The number of aromatic nitrogens is 2. The topological polar surface area (TPSA) is 67.2 Å². The molecule has 0 unspecified atom stereocenters. The van der Waals surface area contributed by atoms with Crippen molar-refractivity contribution in [3.63, 3.8) is 0 Å². The number of carbonyl (C=O) groups excluding carboxylic acids is 2. The van der Waals surface area contributed by atoms with E-state index in [4.69, 9.17) is 0 Å². The summed E-state index contributed by atoms with van der Waals surface area (Å²) in [5.74, 6) is 0.0304. The van der Waals surface area contributed by atoms with Gasteiger partial charge in [0.15, 0.2) is 5.69 Å². The summed E-state index contributed by atoms with van der Waals surface area (Å²) >= 11 is 0. The van der Waals surface area contributed by atoms with E-state index >= 15 is 0 Å². The molecule has 3 aromatic rings. The summed E-state index contributed by atoms with van der Waals surface area (Å²) in [6.45, 7) is 6.09. The molecule has 1 aliphatic rings. The van der Waals surface area contributed by atoms with Crippen molar-refractivity contribution in [1.82, 2.24) is 14.7 Å². The van der Waals surface area contributed by atoms with Crippen molar-refractivity contribution in [2.75, 3.05) is 11.9 Å². The zero-order valence-corrected chi connectivity index (χ0v) is 17.3. The predicted molar refractivity (Wildman–Crippen MR) is 117 cm³/mol. The van der Waals surface area contributed by atoms with E-state index in [-0.39, 0.29) is 17.5 Å². The van der Waals surface area contributed by atoms with Gasteiger partial charge in [-0.3, -0.25) is 14.3 Å². The minimum atomic E-state index is -0.310.